The van der Waals surface area contributed by atoms with Crippen LogP contribution in [-0.2, 0) is 4.79 Å². The smallest absolute Gasteiger partial charge is 0.229 e. The summed E-state index contributed by atoms with van der Waals surface area (Å²) in [4.78, 5) is 23.9. The van der Waals surface area contributed by atoms with Crippen LogP contribution in [0, 0.1) is 12.8 Å². The Balaban J connectivity index is 1.42. The third kappa shape index (κ3) is 4.57. The number of halogens is 1. The van der Waals surface area contributed by atoms with E-state index in [0.717, 1.165) is 41.8 Å². The predicted octanol–water partition coefficient (Wildman–Crippen LogP) is 4.96. The summed E-state index contributed by atoms with van der Waals surface area (Å²) >= 11 is 6.17. The van der Waals surface area contributed by atoms with Crippen LogP contribution in [-0.4, -0.2) is 29.0 Å². The molecule has 3 aromatic rings. The molecule has 1 saturated heterocycles. The lowest BCUT2D eigenvalue weighted by Crippen LogP contribution is -2.41. The first-order chi connectivity index (χ1) is 14.1. The Hall–Kier alpha value is -2.92. The third-order valence-corrected chi connectivity index (χ3v) is 5.67. The second-order valence-corrected chi connectivity index (χ2v) is 7.78. The van der Waals surface area contributed by atoms with Gasteiger partial charge in [0.2, 0.25) is 11.9 Å². The Morgan fingerprint density at radius 1 is 1.10 bits per heavy atom. The molecule has 6 heteroatoms. The summed E-state index contributed by atoms with van der Waals surface area (Å²) in [7, 11) is 0. The molecule has 1 aromatic heterocycles. The molecular weight excluding hydrogens is 384 g/mol. The van der Waals surface area contributed by atoms with Crippen LogP contribution in [0.5, 0.6) is 0 Å². The molecule has 0 radical (unpaired) electrons. The van der Waals surface area contributed by atoms with Gasteiger partial charge in [0.05, 0.1) is 5.92 Å². The van der Waals surface area contributed by atoms with Crippen LogP contribution in [0.3, 0.4) is 0 Å². The zero-order chi connectivity index (χ0) is 20.2. The van der Waals surface area contributed by atoms with Gasteiger partial charge in [-0.3, -0.25) is 4.79 Å². The number of hydrogen-bond donors (Lipinski definition) is 1. The van der Waals surface area contributed by atoms with Crippen LogP contribution >= 0.6 is 11.6 Å². The van der Waals surface area contributed by atoms with Crippen molar-refractivity contribution < 1.29 is 4.79 Å². The average Bonchev–Trinajstić information content (AvgIpc) is 2.77. The molecule has 0 aliphatic carbocycles. The first-order valence-electron chi connectivity index (χ1n) is 9.79. The maximum absolute atomic E-state index is 12.8. The minimum atomic E-state index is -0.110. The molecule has 1 aliphatic rings. The Bertz CT molecular complexity index is 992. The fraction of sp³-hybridized carbons (Fsp3) is 0.261. The Morgan fingerprint density at radius 3 is 2.59 bits per heavy atom. The topological polar surface area (TPSA) is 58.1 Å². The number of hydrogen-bond acceptors (Lipinski definition) is 4. The molecule has 0 saturated carbocycles. The highest BCUT2D eigenvalue weighted by Crippen LogP contribution is 2.25. The van der Waals surface area contributed by atoms with E-state index in [1.807, 2.05) is 61.8 Å². The molecule has 0 spiro atoms. The lowest BCUT2D eigenvalue weighted by molar-refractivity contribution is -0.120. The number of aromatic nitrogens is 2. The third-order valence-electron chi connectivity index (χ3n) is 5.26. The van der Waals surface area contributed by atoms with Crippen molar-refractivity contribution in [3.63, 3.8) is 0 Å². The molecule has 0 unspecified atom stereocenters. The molecule has 1 aliphatic heterocycles. The van der Waals surface area contributed by atoms with Crippen molar-refractivity contribution >= 4 is 29.1 Å². The summed E-state index contributed by atoms with van der Waals surface area (Å²) in [5.74, 6) is 0.567. The molecule has 2 aromatic carbocycles. The van der Waals surface area contributed by atoms with E-state index < -0.39 is 0 Å². The van der Waals surface area contributed by atoms with Crippen molar-refractivity contribution in [3.05, 3.63) is 71.5 Å². The van der Waals surface area contributed by atoms with E-state index in [-0.39, 0.29) is 11.8 Å². The van der Waals surface area contributed by atoms with Gasteiger partial charge in [0.25, 0.3) is 0 Å². The molecule has 0 bridgehead atoms. The highest BCUT2D eigenvalue weighted by atomic mass is 35.5. The number of nitrogens with zero attached hydrogens (tertiary/aromatic N) is 3. The van der Waals surface area contributed by atoms with Crippen molar-refractivity contribution in [3.8, 4) is 11.1 Å². The van der Waals surface area contributed by atoms with Crippen LogP contribution in [0.1, 0.15) is 18.4 Å². The molecule has 1 atom stereocenters. The molecule has 5 nitrogen and oxygen atoms in total. The molecular formula is C23H23ClN4O. The fourth-order valence-corrected chi connectivity index (χ4v) is 3.73. The Labute approximate surface area is 175 Å². The second-order valence-electron chi connectivity index (χ2n) is 7.38. The first kappa shape index (κ1) is 19.4. The van der Waals surface area contributed by atoms with Crippen molar-refractivity contribution in [1.29, 1.82) is 0 Å². The van der Waals surface area contributed by atoms with E-state index in [0.29, 0.717) is 17.5 Å². The van der Waals surface area contributed by atoms with Crippen molar-refractivity contribution in [2.45, 2.75) is 19.8 Å². The van der Waals surface area contributed by atoms with E-state index in [9.17, 15) is 4.79 Å². The number of carbonyl (C=O) groups is 1. The Morgan fingerprint density at radius 2 is 1.86 bits per heavy atom. The zero-order valence-electron chi connectivity index (χ0n) is 16.3. The summed E-state index contributed by atoms with van der Waals surface area (Å²) in [6, 6.07) is 15.6. The van der Waals surface area contributed by atoms with Gasteiger partial charge in [0.1, 0.15) is 0 Å². The van der Waals surface area contributed by atoms with Crippen LogP contribution in [0.25, 0.3) is 11.1 Å². The lowest BCUT2D eigenvalue weighted by atomic mass is 9.97. The van der Waals surface area contributed by atoms with Gasteiger partial charge >= 0.3 is 0 Å². The van der Waals surface area contributed by atoms with E-state index in [2.05, 4.69) is 20.2 Å². The van der Waals surface area contributed by atoms with E-state index in [1.165, 1.54) is 0 Å². The zero-order valence-corrected chi connectivity index (χ0v) is 17.1. The molecule has 29 heavy (non-hydrogen) atoms. The fourth-order valence-electron chi connectivity index (χ4n) is 3.55. The lowest BCUT2D eigenvalue weighted by Gasteiger charge is -2.32. The van der Waals surface area contributed by atoms with Gasteiger partial charge in [-0.05, 0) is 43.0 Å². The normalized spacial score (nSPS) is 16.5. The van der Waals surface area contributed by atoms with Crippen LogP contribution < -0.4 is 10.2 Å². The summed E-state index contributed by atoms with van der Waals surface area (Å²) < 4.78 is 0. The quantitative estimate of drug-likeness (QED) is 0.665. The number of anilines is 2. The van der Waals surface area contributed by atoms with Crippen LogP contribution in [0.15, 0.2) is 60.9 Å². The van der Waals surface area contributed by atoms with Gasteiger partial charge in [-0.25, -0.2) is 9.97 Å². The van der Waals surface area contributed by atoms with E-state index >= 15 is 0 Å². The number of amides is 1. The van der Waals surface area contributed by atoms with Gasteiger partial charge in [-0.15, -0.1) is 0 Å². The number of rotatable bonds is 4. The second kappa shape index (κ2) is 8.62. The summed E-state index contributed by atoms with van der Waals surface area (Å²) in [5.41, 5.74) is 3.79. The Kier molecular flexibility index (Phi) is 5.76. The van der Waals surface area contributed by atoms with Crippen LogP contribution in [0.4, 0.5) is 11.6 Å². The van der Waals surface area contributed by atoms with E-state index in [4.69, 9.17) is 11.6 Å². The molecule has 1 amide bonds. The van der Waals surface area contributed by atoms with Gasteiger partial charge in [-0.2, -0.15) is 0 Å². The van der Waals surface area contributed by atoms with Crippen molar-refractivity contribution in [2.24, 2.45) is 5.92 Å². The average molecular weight is 407 g/mol. The van der Waals surface area contributed by atoms with Crippen molar-refractivity contribution in [2.75, 3.05) is 23.3 Å². The molecule has 1 N–H and O–H groups in total. The van der Waals surface area contributed by atoms with Crippen molar-refractivity contribution in [1.82, 2.24) is 9.97 Å². The van der Waals surface area contributed by atoms with Crippen LogP contribution in [0.2, 0.25) is 5.02 Å². The molecule has 2 heterocycles. The highest BCUT2D eigenvalue weighted by molar-refractivity contribution is 6.31. The maximum Gasteiger partial charge on any atom is 0.229 e. The molecule has 4 rings (SSSR count). The summed E-state index contributed by atoms with van der Waals surface area (Å²) in [6.45, 7) is 3.40. The number of piperidine rings is 1. The number of benzene rings is 2. The minimum Gasteiger partial charge on any atom is -0.340 e. The van der Waals surface area contributed by atoms with Gasteiger partial charge in [0, 0.05) is 41.8 Å². The molecule has 148 valence electrons. The SMILES string of the molecule is Cc1ccc(NC(=O)[C@H]2CCCN(c3ncc(-c4ccccc4)cn3)C2)cc1Cl. The van der Waals surface area contributed by atoms with Gasteiger partial charge in [0.15, 0.2) is 0 Å². The first-order valence-corrected chi connectivity index (χ1v) is 10.2. The monoisotopic (exact) mass is 406 g/mol. The summed E-state index contributed by atoms with van der Waals surface area (Å²) in [5, 5.41) is 3.64. The number of carbonyl (C=O) groups excluding carboxylic acids is 1. The highest BCUT2D eigenvalue weighted by Gasteiger charge is 2.27. The van der Waals surface area contributed by atoms with E-state index in [1.54, 1.807) is 6.07 Å². The minimum absolute atomic E-state index is 0.00975. The largest absolute Gasteiger partial charge is 0.340 e. The maximum atomic E-state index is 12.8. The summed E-state index contributed by atoms with van der Waals surface area (Å²) in [6.07, 6.45) is 5.46. The predicted molar refractivity (Wildman–Crippen MR) is 117 cm³/mol. The number of nitrogens with one attached hydrogen (secondary N) is 1. The molecule has 1 fully saturated rings. The number of aryl methyl sites for hydroxylation is 1. The van der Waals surface area contributed by atoms with Gasteiger partial charge in [-0.1, -0.05) is 48.0 Å². The van der Waals surface area contributed by atoms with Gasteiger partial charge < -0.3 is 10.2 Å². The standard InChI is InChI=1S/C23H23ClN4O/c1-16-9-10-20(12-21(16)24)27-22(29)18-8-5-11-28(15-18)23-25-13-19(14-26-23)17-6-3-2-4-7-17/h2-4,6-7,9-10,12-14,18H,5,8,11,15H2,1H3,(H,27,29)/t18-/m0/s1.